The Morgan fingerprint density at radius 2 is 1.88 bits per heavy atom. The molecule has 0 radical (unpaired) electrons. The van der Waals surface area contributed by atoms with E-state index in [9.17, 15) is 13.2 Å². The molecule has 0 unspecified atom stereocenters. The van der Waals surface area contributed by atoms with Crippen molar-refractivity contribution in [3.8, 4) is 0 Å². The fraction of sp³-hybridized carbons (Fsp3) is 0.588. The second-order valence-corrected chi connectivity index (χ2v) is 9.43. The van der Waals surface area contributed by atoms with Gasteiger partial charge in [-0.3, -0.25) is 4.79 Å². The molecule has 0 atom stereocenters. The van der Waals surface area contributed by atoms with Crippen molar-refractivity contribution in [1.29, 1.82) is 0 Å². The number of nitrogens with zero attached hydrogens (tertiary/aromatic N) is 2. The van der Waals surface area contributed by atoms with Crippen molar-refractivity contribution < 1.29 is 13.2 Å². The third kappa shape index (κ3) is 4.70. The fourth-order valence-electron chi connectivity index (χ4n) is 2.99. The van der Waals surface area contributed by atoms with Crippen molar-refractivity contribution in [1.82, 2.24) is 14.5 Å². The molecule has 1 saturated heterocycles. The maximum Gasteiger partial charge on any atom is 0.255 e. The average Bonchev–Trinajstić information content (AvgIpc) is 3.22. The summed E-state index contributed by atoms with van der Waals surface area (Å²) >= 11 is 12.3. The van der Waals surface area contributed by atoms with Crippen LogP contribution in [0.15, 0.2) is 17.0 Å². The van der Waals surface area contributed by atoms with Gasteiger partial charge in [-0.15, -0.1) is 0 Å². The van der Waals surface area contributed by atoms with Gasteiger partial charge in [0.25, 0.3) is 5.91 Å². The lowest BCUT2D eigenvalue weighted by atomic mass is 10.2. The average molecular weight is 420 g/mol. The number of likely N-dealkylation sites (N-methyl/N-ethyl adjacent to an activating group) is 1. The molecule has 1 aromatic rings. The molecular weight excluding hydrogens is 397 g/mol. The van der Waals surface area contributed by atoms with Crippen LogP contribution in [0.2, 0.25) is 10.0 Å². The minimum atomic E-state index is -3.77. The van der Waals surface area contributed by atoms with E-state index >= 15 is 0 Å². The Balaban J connectivity index is 1.77. The van der Waals surface area contributed by atoms with Crippen LogP contribution < -0.4 is 4.72 Å². The number of amides is 1. The first-order valence-corrected chi connectivity index (χ1v) is 11.0. The van der Waals surface area contributed by atoms with Crippen molar-refractivity contribution in [2.45, 2.75) is 36.6 Å². The van der Waals surface area contributed by atoms with E-state index in [1.54, 1.807) is 11.9 Å². The SMILES string of the molecule is CN(CCN1CCCC1)C(=O)c1cc(S(=O)(=O)NC2CC2)c(Cl)cc1Cl. The maximum atomic E-state index is 12.8. The molecule has 1 heterocycles. The summed E-state index contributed by atoms with van der Waals surface area (Å²) in [5, 5.41) is 0.165. The maximum absolute atomic E-state index is 12.8. The third-order valence-corrected chi connectivity index (χ3v) is 7.04. The standard InChI is InChI=1S/C17H23Cl2N3O3S/c1-21(8-9-22-6-2-3-7-22)17(23)13-10-16(15(19)11-14(13)18)26(24,25)20-12-4-5-12/h10-12,20H,2-9H2,1H3. The molecular formula is C17H23Cl2N3O3S. The zero-order valence-corrected chi connectivity index (χ0v) is 17.0. The number of rotatable bonds is 7. The molecule has 3 rings (SSSR count). The molecule has 1 amide bonds. The number of likely N-dealkylation sites (tertiary alicyclic amines) is 1. The van der Waals surface area contributed by atoms with E-state index in [0.717, 1.165) is 32.5 Å². The molecule has 2 fully saturated rings. The fourth-order valence-corrected chi connectivity index (χ4v) is 5.15. The smallest absolute Gasteiger partial charge is 0.255 e. The van der Waals surface area contributed by atoms with Crippen LogP contribution in [0.5, 0.6) is 0 Å². The van der Waals surface area contributed by atoms with Crippen LogP contribution in [-0.4, -0.2) is 63.4 Å². The van der Waals surface area contributed by atoms with Gasteiger partial charge in [-0.1, -0.05) is 23.2 Å². The van der Waals surface area contributed by atoms with E-state index in [4.69, 9.17) is 23.2 Å². The Bertz CT molecular complexity index is 791. The Labute approximate surface area is 164 Å². The number of carbonyl (C=O) groups is 1. The van der Waals surface area contributed by atoms with Crippen LogP contribution in [-0.2, 0) is 10.0 Å². The van der Waals surface area contributed by atoms with Crippen molar-refractivity contribution in [2.24, 2.45) is 0 Å². The van der Waals surface area contributed by atoms with Gasteiger partial charge in [0.2, 0.25) is 10.0 Å². The molecule has 1 saturated carbocycles. The van der Waals surface area contributed by atoms with Crippen LogP contribution in [0.3, 0.4) is 0 Å². The molecule has 1 aliphatic carbocycles. The van der Waals surface area contributed by atoms with Gasteiger partial charge in [0.05, 0.1) is 15.6 Å². The summed E-state index contributed by atoms with van der Waals surface area (Å²) in [6.45, 7) is 3.46. The van der Waals surface area contributed by atoms with Crippen molar-refractivity contribution in [3.63, 3.8) is 0 Å². The highest BCUT2D eigenvalue weighted by atomic mass is 35.5. The summed E-state index contributed by atoms with van der Waals surface area (Å²) in [5.41, 5.74) is 0.149. The zero-order valence-electron chi connectivity index (χ0n) is 14.7. The van der Waals surface area contributed by atoms with E-state index in [2.05, 4.69) is 9.62 Å². The highest BCUT2D eigenvalue weighted by Gasteiger charge is 2.30. The number of sulfonamides is 1. The molecule has 0 spiro atoms. The van der Waals surface area contributed by atoms with Crippen molar-refractivity contribution in [3.05, 3.63) is 27.7 Å². The highest BCUT2D eigenvalue weighted by molar-refractivity contribution is 7.89. The van der Waals surface area contributed by atoms with Crippen LogP contribution in [0.1, 0.15) is 36.0 Å². The van der Waals surface area contributed by atoms with Gasteiger partial charge in [0.1, 0.15) is 4.90 Å². The molecule has 6 nitrogen and oxygen atoms in total. The normalized spacial score (nSPS) is 18.3. The molecule has 2 aliphatic rings. The predicted octanol–water partition coefficient (Wildman–Crippen LogP) is 2.60. The summed E-state index contributed by atoms with van der Waals surface area (Å²) in [6.07, 6.45) is 4.01. The lowest BCUT2D eigenvalue weighted by molar-refractivity contribution is 0.0782. The van der Waals surface area contributed by atoms with Gasteiger partial charge in [-0.2, -0.15) is 0 Å². The number of hydrogen-bond donors (Lipinski definition) is 1. The predicted molar refractivity (Wildman–Crippen MR) is 102 cm³/mol. The van der Waals surface area contributed by atoms with Gasteiger partial charge in [0.15, 0.2) is 0 Å². The second-order valence-electron chi connectivity index (χ2n) is 6.93. The van der Waals surface area contributed by atoms with Crippen LogP contribution in [0.4, 0.5) is 0 Å². The van der Waals surface area contributed by atoms with Gasteiger partial charge in [-0.25, -0.2) is 13.1 Å². The van der Waals surface area contributed by atoms with Gasteiger partial charge in [-0.05, 0) is 50.9 Å². The first-order valence-electron chi connectivity index (χ1n) is 8.77. The Morgan fingerprint density at radius 3 is 2.50 bits per heavy atom. The number of hydrogen-bond acceptors (Lipinski definition) is 4. The van der Waals surface area contributed by atoms with Gasteiger partial charge in [0, 0.05) is 26.2 Å². The topological polar surface area (TPSA) is 69.7 Å². The largest absolute Gasteiger partial charge is 0.340 e. The van der Waals surface area contributed by atoms with Crippen LogP contribution >= 0.6 is 23.2 Å². The van der Waals surface area contributed by atoms with Crippen LogP contribution in [0.25, 0.3) is 0 Å². The number of carbonyl (C=O) groups excluding carboxylic acids is 1. The molecule has 144 valence electrons. The lowest BCUT2D eigenvalue weighted by Gasteiger charge is -2.22. The monoisotopic (exact) mass is 419 g/mol. The van der Waals surface area contributed by atoms with Crippen LogP contribution in [0, 0.1) is 0 Å². The number of nitrogens with one attached hydrogen (secondary N) is 1. The van der Waals surface area contributed by atoms with Gasteiger partial charge >= 0.3 is 0 Å². The van der Waals surface area contributed by atoms with E-state index in [1.165, 1.54) is 25.0 Å². The molecule has 1 aromatic carbocycles. The van der Waals surface area contributed by atoms with E-state index in [-0.39, 0.29) is 32.5 Å². The van der Waals surface area contributed by atoms with Gasteiger partial charge < -0.3 is 9.80 Å². The van der Waals surface area contributed by atoms with E-state index in [1.807, 2.05) is 0 Å². The number of benzene rings is 1. The summed E-state index contributed by atoms with van der Waals surface area (Å²) < 4.78 is 27.6. The van der Waals surface area contributed by atoms with E-state index in [0.29, 0.717) is 6.54 Å². The lowest BCUT2D eigenvalue weighted by Crippen LogP contribution is -2.35. The minimum Gasteiger partial charge on any atom is -0.340 e. The van der Waals surface area contributed by atoms with Crippen molar-refractivity contribution in [2.75, 3.05) is 33.2 Å². The molecule has 1 aliphatic heterocycles. The summed E-state index contributed by atoms with van der Waals surface area (Å²) in [5.74, 6) is -0.311. The molecule has 0 bridgehead atoms. The van der Waals surface area contributed by atoms with E-state index < -0.39 is 10.0 Å². The Hall–Kier alpha value is -0.860. The zero-order chi connectivity index (χ0) is 18.9. The highest BCUT2D eigenvalue weighted by Crippen LogP contribution is 2.31. The number of halogens is 2. The van der Waals surface area contributed by atoms with Crippen molar-refractivity contribution >= 4 is 39.1 Å². The molecule has 0 aromatic heterocycles. The Kier molecular flexibility index (Phi) is 6.14. The first-order chi connectivity index (χ1) is 12.3. The third-order valence-electron chi connectivity index (χ3n) is 4.74. The summed E-state index contributed by atoms with van der Waals surface area (Å²) in [7, 11) is -2.08. The Morgan fingerprint density at radius 1 is 1.23 bits per heavy atom. The first kappa shape index (κ1) is 19.9. The molecule has 1 N–H and O–H groups in total. The molecule has 9 heteroatoms. The second kappa shape index (κ2) is 8.02. The molecule has 26 heavy (non-hydrogen) atoms. The minimum absolute atomic E-state index is 0.0134. The summed E-state index contributed by atoms with van der Waals surface area (Å²) in [6, 6.07) is 2.56. The quantitative estimate of drug-likeness (QED) is 0.736. The summed E-state index contributed by atoms with van der Waals surface area (Å²) in [4.78, 5) is 16.5.